The van der Waals surface area contributed by atoms with Crippen LogP contribution < -0.4 is 23.7 Å². The van der Waals surface area contributed by atoms with Crippen molar-refractivity contribution >= 4 is 11.9 Å². The number of carboxylic acid groups (broad SMARTS) is 2. The molecule has 0 bridgehead atoms. The molecule has 0 aliphatic carbocycles. The predicted molar refractivity (Wildman–Crippen MR) is 134 cm³/mol. The fourth-order valence-electron chi connectivity index (χ4n) is 5.14. The van der Waals surface area contributed by atoms with E-state index < -0.39 is 30.6 Å². The molecule has 10 nitrogen and oxygen atoms in total. The molecular formula is C28H27NO9. The minimum Gasteiger partial charge on any atom is -0.494 e. The molecule has 0 amide bonds. The summed E-state index contributed by atoms with van der Waals surface area (Å²) in [5.41, 5.74) is 3.09. The van der Waals surface area contributed by atoms with Crippen LogP contribution in [0.2, 0.25) is 0 Å². The molecule has 0 aromatic heterocycles. The molecule has 5 rings (SSSR count). The minimum atomic E-state index is -1.15. The lowest BCUT2D eigenvalue weighted by Crippen LogP contribution is -2.33. The van der Waals surface area contributed by atoms with E-state index in [9.17, 15) is 19.8 Å². The monoisotopic (exact) mass is 521 g/mol. The average Bonchev–Trinajstić information content (AvgIpc) is 3.48. The van der Waals surface area contributed by atoms with E-state index in [2.05, 4.69) is 0 Å². The Morgan fingerprint density at radius 3 is 2.47 bits per heavy atom. The predicted octanol–water partition coefficient (Wildman–Crippen LogP) is 3.87. The molecule has 38 heavy (non-hydrogen) atoms. The Bertz CT molecular complexity index is 1370. The fraction of sp³-hybridized carbons (Fsp3) is 0.286. The maximum Gasteiger partial charge on any atom is 0.341 e. The maximum absolute atomic E-state index is 12.2. The van der Waals surface area contributed by atoms with E-state index >= 15 is 0 Å². The van der Waals surface area contributed by atoms with E-state index in [1.165, 1.54) is 7.11 Å². The van der Waals surface area contributed by atoms with E-state index in [0.717, 1.165) is 16.7 Å². The molecular weight excluding hydrogens is 494 g/mol. The highest BCUT2D eigenvalue weighted by atomic mass is 16.7. The van der Waals surface area contributed by atoms with Gasteiger partial charge in [0, 0.05) is 5.56 Å². The first-order chi connectivity index (χ1) is 18.4. The summed E-state index contributed by atoms with van der Waals surface area (Å²) >= 11 is 0. The summed E-state index contributed by atoms with van der Waals surface area (Å²) in [6, 6.07) is 15.4. The number of benzene rings is 3. The topological polar surface area (TPSA) is 124 Å². The molecule has 2 heterocycles. The molecule has 0 saturated carbocycles. The Balaban J connectivity index is 1.72. The highest BCUT2D eigenvalue weighted by Crippen LogP contribution is 2.53. The summed E-state index contributed by atoms with van der Waals surface area (Å²) in [5.74, 6) is 0.249. The van der Waals surface area contributed by atoms with Crippen LogP contribution in [0.1, 0.15) is 41.3 Å². The van der Waals surface area contributed by atoms with Crippen LogP contribution >= 0.6 is 0 Å². The van der Waals surface area contributed by atoms with Crippen LogP contribution in [0, 0.1) is 0 Å². The second kappa shape index (κ2) is 10.5. The smallest absolute Gasteiger partial charge is 0.341 e. The Morgan fingerprint density at radius 2 is 1.74 bits per heavy atom. The standard InChI is InChI=1S/C28H27NO9/c1-3-35-17-8-9-18-20(12-17)27(19-5-4-6-22(34-2)28(19)36-14-25(32)33)29(13-24(30)31)26(18)16-7-10-21-23(11-16)38-15-37-21/h4-12,26-27H,3,13-15H2,1-2H3,(H,30,31)(H,32,33)/t26-,27-/m1/s1. The van der Waals surface area contributed by atoms with Gasteiger partial charge in [-0.15, -0.1) is 0 Å². The number of methoxy groups -OCH3 is 1. The normalized spacial score (nSPS) is 17.6. The van der Waals surface area contributed by atoms with Gasteiger partial charge in [0.1, 0.15) is 5.75 Å². The Labute approximate surface area is 218 Å². The van der Waals surface area contributed by atoms with Crippen molar-refractivity contribution in [3.05, 3.63) is 76.9 Å². The van der Waals surface area contributed by atoms with Crippen molar-refractivity contribution < 1.29 is 43.5 Å². The SMILES string of the molecule is CCOc1ccc2c(c1)[C@@H](c1cccc(OC)c1OCC(=O)O)N(CC(=O)O)[C@@H]2c1ccc2c(c1)OCO2. The Morgan fingerprint density at radius 1 is 0.921 bits per heavy atom. The highest BCUT2D eigenvalue weighted by molar-refractivity contribution is 5.71. The molecule has 0 saturated heterocycles. The molecule has 198 valence electrons. The number of carboxylic acids is 2. The van der Waals surface area contributed by atoms with E-state index in [0.29, 0.717) is 35.2 Å². The molecule has 10 heteroatoms. The lowest BCUT2D eigenvalue weighted by atomic mass is 9.94. The number of ether oxygens (including phenoxy) is 5. The zero-order valence-electron chi connectivity index (χ0n) is 20.9. The molecule has 3 aromatic rings. The van der Waals surface area contributed by atoms with Crippen molar-refractivity contribution in [3.8, 4) is 28.7 Å². The first-order valence-corrected chi connectivity index (χ1v) is 12.1. The largest absolute Gasteiger partial charge is 0.494 e. The maximum atomic E-state index is 12.2. The van der Waals surface area contributed by atoms with Crippen molar-refractivity contribution in [2.45, 2.75) is 19.0 Å². The summed E-state index contributed by atoms with van der Waals surface area (Å²) in [5, 5.41) is 19.3. The lowest BCUT2D eigenvalue weighted by molar-refractivity contribution is -0.139. The first kappa shape index (κ1) is 25.2. The molecule has 2 atom stereocenters. The number of rotatable bonds is 10. The van der Waals surface area contributed by atoms with Crippen LogP contribution in [0.15, 0.2) is 54.6 Å². The number of fused-ring (bicyclic) bond motifs is 2. The average molecular weight is 522 g/mol. The van der Waals surface area contributed by atoms with Gasteiger partial charge in [-0.25, -0.2) is 4.79 Å². The number of hydrogen-bond donors (Lipinski definition) is 2. The number of para-hydroxylation sites is 1. The van der Waals surface area contributed by atoms with Crippen molar-refractivity contribution in [1.82, 2.24) is 4.90 Å². The van der Waals surface area contributed by atoms with Crippen molar-refractivity contribution in [1.29, 1.82) is 0 Å². The van der Waals surface area contributed by atoms with Gasteiger partial charge in [-0.3, -0.25) is 9.69 Å². The van der Waals surface area contributed by atoms with E-state index in [1.807, 2.05) is 48.2 Å². The van der Waals surface area contributed by atoms with Gasteiger partial charge in [0.25, 0.3) is 0 Å². The second-order valence-corrected chi connectivity index (χ2v) is 8.77. The van der Waals surface area contributed by atoms with Gasteiger partial charge in [0.05, 0.1) is 32.3 Å². The molecule has 2 N–H and O–H groups in total. The minimum absolute atomic E-state index is 0.118. The van der Waals surface area contributed by atoms with Crippen LogP contribution in [0.25, 0.3) is 0 Å². The van der Waals surface area contributed by atoms with Gasteiger partial charge in [0.2, 0.25) is 6.79 Å². The Kier molecular flexibility index (Phi) is 6.97. The fourth-order valence-corrected chi connectivity index (χ4v) is 5.14. The zero-order chi connectivity index (χ0) is 26.8. The molecule has 0 spiro atoms. The van der Waals surface area contributed by atoms with E-state index in [4.69, 9.17) is 23.7 Å². The van der Waals surface area contributed by atoms with Crippen LogP contribution in [0.5, 0.6) is 28.7 Å². The van der Waals surface area contributed by atoms with Gasteiger partial charge >= 0.3 is 11.9 Å². The quantitative estimate of drug-likeness (QED) is 0.406. The molecule has 2 aliphatic heterocycles. The van der Waals surface area contributed by atoms with E-state index in [1.54, 1.807) is 18.2 Å². The van der Waals surface area contributed by atoms with Crippen LogP contribution in [0.3, 0.4) is 0 Å². The Hall–Kier alpha value is -4.44. The van der Waals surface area contributed by atoms with Gasteiger partial charge < -0.3 is 33.9 Å². The summed E-state index contributed by atoms with van der Waals surface area (Å²) in [6.45, 7) is 1.57. The molecule has 2 aliphatic rings. The summed E-state index contributed by atoms with van der Waals surface area (Å²) in [7, 11) is 1.47. The van der Waals surface area contributed by atoms with Gasteiger partial charge in [0.15, 0.2) is 29.6 Å². The highest BCUT2D eigenvalue weighted by Gasteiger charge is 2.43. The van der Waals surface area contributed by atoms with Gasteiger partial charge in [-0.2, -0.15) is 0 Å². The zero-order valence-corrected chi connectivity index (χ0v) is 20.9. The molecule has 0 fully saturated rings. The van der Waals surface area contributed by atoms with Crippen LogP contribution in [-0.4, -0.2) is 60.7 Å². The van der Waals surface area contributed by atoms with Gasteiger partial charge in [-0.05, 0) is 53.9 Å². The molecule has 0 radical (unpaired) electrons. The van der Waals surface area contributed by atoms with Crippen molar-refractivity contribution in [2.75, 3.05) is 33.7 Å². The second-order valence-electron chi connectivity index (χ2n) is 8.77. The van der Waals surface area contributed by atoms with E-state index in [-0.39, 0.29) is 19.1 Å². The lowest BCUT2D eigenvalue weighted by Gasteiger charge is -2.31. The van der Waals surface area contributed by atoms with Gasteiger partial charge in [-0.1, -0.05) is 24.3 Å². The van der Waals surface area contributed by atoms with Crippen LogP contribution in [0.4, 0.5) is 0 Å². The number of carbonyl (C=O) groups is 2. The van der Waals surface area contributed by atoms with Crippen molar-refractivity contribution in [3.63, 3.8) is 0 Å². The number of aliphatic carboxylic acids is 2. The molecule has 0 unspecified atom stereocenters. The number of hydrogen-bond acceptors (Lipinski definition) is 8. The first-order valence-electron chi connectivity index (χ1n) is 12.1. The van der Waals surface area contributed by atoms with Crippen molar-refractivity contribution in [2.24, 2.45) is 0 Å². The summed E-state index contributed by atoms with van der Waals surface area (Å²) in [4.78, 5) is 25.4. The third-order valence-corrected chi connectivity index (χ3v) is 6.52. The summed E-state index contributed by atoms with van der Waals surface area (Å²) in [6.07, 6.45) is 0. The number of nitrogens with zero attached hydrogens (tertiary/aromatic N) is 1. The third kappa shape index (κ3) is 4.66. The summed E-state index contributed by atoms with van der Waals surface area (Å²) < 4.78 is 28.1. The third-order valence-electron chi connectivity index (χ3n) is 6.52. The molecule has 3 aromatic carbocycles. The van der Waals surface area contributed by atoms with Crippen LogP contribution in [-0.2, 0) is 9.59 Å².